The first kappa shape index (κ1) is 13.3. The van der Waals surface area contributed by atoms with E-state index >= 15 is 0 Å². The number of nitrogens with one attached hydrogen (secondary N) is 1. The summed E-state index contributed by atoms with van der Waals surface area (Å²) < 4.78 is 13.5. The highest BCUT2D eigenvalue weighted by molar-refractivity contribution is 5.36. The molecule has 2 N–H and O–H groups in total. The molecule has 1 fully saturated rings. The predicted octanol–water partition coefficient (Wildman–Crippen LogP) is 2.28. The van der Waals surface area contributed by atoms with Crippen molar-refractivity contribution in [1.82, 2.24) is 10.2 Å². The second-order valence-electron chi connectivity index (χ2n) is 4.77. The zero-order chi connectivity index (χ0) is 13.0. The van der Waals surface area contributed by atoms with Crippen molar-refractivity contribution in [1.29, 1.82) is 0 Å². The zero-order valence-electron chi connectivity index (χ0n) is 10.8. The highest BCUT2D eigenvalue weighted by Crippen LogP contribution is 2.33. The van der Waals surface area contributed by atoms with Crippen LogP contribution in [-0.4, -0.2) is 36.2 Å². The van der Waals surface area contributed by atoms with Crippen LogP contribution in [0.25, 0.3) is 0 Å². The normalized spacial score (nSPS) is 18.8. The number of piperazine rings is 1. The van der Waals surface area contributed by atoms with E-state index in [1.165, 1.54) is 6.07 Å². The molecule has 0 radical (unpaired) electrons. The molecule has 1 aliphatic rings. The van der Waals surface area contributed by atoms with E-state index in [1.54, 1.807) is 6.07 Å². The maximum atomic E-state index is 13.5. The minimum atomic E-state index is -0.524. The van der Waals surface area contributed by atoms with Crippen LogP contribution in [-0.2, 0) is 0 Å². The predicted molar refractivity (Wildman–Crippen MR) is 70.2 cm³/mol. The van der Waals surface area contributed by atoms with Crippen molar-refractivity contribution in [3.05, 3.63) is 29.6 Å². The Hall–Kier alpha value is -1.13. The van der Waals surface area contributed by atoms with E-state index in [0.717, 1.165) is 44.6 Å². The van der Waals surface area contributed by atoms with Gasteiger partial charge in [0.1, 0.15) is 0 Å². The number of nitrogens with zero attached hydrogens (tertiary/aromatic N) is 1. The molecule has 0 amide bonds. The average molecular weight is 252 g/mol. The Kier molecular flexibility index (Phi) is 4.55. The van der Waals surface area contributed by atoms with Crippen molar-refractivity contribution in [2.75, 3.05) is 26.2 Å². The van der Waals surface area contributed by atoms with Gasteiger partial charge in [-0.1, -0.05) is 25.5 Å². The Balaban J connectivity index is 2.25. The van der Waals surface area contributed by atoms with Gasteiger partial charge in [-0.2, -0.15) is 0 Å². The van der Waals surface area contributed by atoms with Gasteiger partial charge in [0.05, 0.1) is 0 Å². The van der Waals surface area contributed by atoms with Crippen molar-refractivity contribution in [3.8, 4) is 5.75 Å². The molecule has 0 aromatic heterocycles. The first-order valence-corrected chi connectivity index (χ1v) is 6.66. The maximum Gasteiger partial charge on any atom is 0.165 e. The van der Waals surface area contributed by atoms with Crippen molar-refractivity contribution >= 4 is 0 Å². The van der Waals surface area contributed by atoms with E-state index in [-0.39, 0.29) is 11.8 Å². The van der Waals surface area contributed by atoms with Gasteiger partial charge in [-0.05, 0) is 12.5 Å². The second kappa shape index (κ2) is 6.16. The zero-order valence-corrected chi connectivity index (χ0v) is 10.8. The van der Waals surface area contributed by atoms with E-state index in [2.05, 4.69) is 17.1 Å². The fraction of sp³-hybridized carbons (Fsp3) is 0.571. The maximum absolute atomic E-state index is 13.5. The SMILES string of the molecule is CCC[C@H](c1cccc(F)c1O)N1CCNCC1. The Labute approximate surface area is 108 Å². The summed E-state index contributed by atoms with van der Waals surface area (Å²) in [7, 11) is 0. The minimum absolute atomic E-state index is 0.118. The van der Waals surface area contributed by atoms with Gasteiger partial charge < -0.3 is 10.4 Å². The smallest absolute Gasteiger partial charge is 0.165 e. The molecule has 0 bridgehead atoms. The molecule has 18 heavy (non-hydrogen) atoms. The average Bonchev–Trinajstić information content (AvgIpc) is 2.41. The number of aromatic hydroxyl groups is 1. The number of hydrogen-bond acceptors (Lipinski definition) is 3. The molecule has 1 saturated heterocycles. The van der Waals surface area contributed by atoms with Gasteiger partial charge in [0.25, 0.3) is 0 Å². The molecule has 3 nitrogen and oxygen atoms in total. The Bertz CT molecular complexity index is 391. The van der Waals surface area contributed by atoms with E-state index in [0.29, 0.717) is 0 Å². The molecule has 1 atom stereocenters. The van der Waals surface area contributed by atoms with Crippen molar-refractivity contribution in [2.45, 2.75) is 25.8 Å². The monoisotopic (exact) mass is 252 g/mol. The van der Waals surface area contributed by atoms with E-state index in [4.69, 9.17) is 0 Å². The highest BCUT2D eigenvalue weighted by atomic mass is 19.1. The first-order valence-electron chi connectivity index (χ1n) is 6.66. The molecular formula is C14H21FN2O. The molecule has 1 aromatic rings. The molecule has 0 spiro atoms. The molecule has 1 aliphatic heterocycles. The lowest BCUT2D eigenvalue weighted by atomic mass is 9.98. The largest absolute Gasteiger partial charge is 0.505 e. The Morgan fingerprint density at radius 3 is 2.78 bits per heavy atom. The number of phenols is 1. The standard InChI is InChI=1S/C14H21FN2O/c1-2-4-13(17-9-7-16-8-10-17)11-5-3-6-12(15)14(11)18/h3,5-6,13,16,18H,2,4,7-10H2,1H3/t13-/m1/s1. The fourth-order valence-corrected chi connectivity index (χ4v) is 2.60. The van der Waals surface area contributed by atoms with Gasteiger partial charge in [-0.25, -0.2) is 4.39 Å². The van der Waals surface area contributed by atoms with Crippen LogP contribution in [0.5, 0.6) is 5.75 Å². The number of rotatable bonds is 4. The van der Waals surface area contributed by atoms with E-state index in [1.807, 2.05) is 6.07 Å². The van der Waals surface area contributed by atoms with Crippen LogP contribution in [0.2, 0.25) is 0 Å². The van der Waals surface area contributed by atoms with Crippen molar-refractivity contribution in [2.24, 2.45) is 0 Å². The highest BCUT2D eigenvalue weighted by Gasteiger charge is 2.24. The Morgan fingerprint density at radius 1 is 1.39 bits per heavy atom. The summed E-state index contributed by atoms with van der Waals surface area (Å²) >= 11 is 0. The first-order chi connectivity index (χ1) is 8.74. The lowest BCUT2D eigenvalue weighted by molar-refractivity contribution is 0.161. The summed E-state index contributed by atoms with van der Waals surface area (Å²) in [5, 5.41) is 13.2. The van der Waals surface area contributed by atoms with Gasteiger partial charge in [0.15, 0.2) is 11.6 Å². The summed E-state index contributed by atoms with van der Waals surface area (Å²) in [4.78, 5) is 2.33. The molecule has 1 aromatic carbocycles. The number of phenolic OH excluding ortho intramolecular Hbond substituents is 1. The number of hydrogen-bond donors (Lipinski definition) is 2. The molecule has 2 rings (SSSR count). The molecule has 4 heteroatoms. The van der Waals surface area contributed by atoms with E-state index in [9.17, 15) is 9.50 Å². The summed E-state index contributed by atoms with van der Waals surface area (Å²) in [5.41, 5.74) is 0.721. The van der Waals surface area contributed by atoms with Crippen molar-refractivity contribution in [3.63, 3.8) is 0 Å². The topological polar surface area (TPSA) is 35.5 Å². The van der Waals surface area contributed by atoms with Crippen LogP contribution in [0, 0.1) is 5.82 Å². The summed E-state index contributed by atoms with van der Waals surface area (Å²) in [6.45, 7) is 5.92. The lowest BCUT2D eigenvalue weighted by Crippen LogP contribution is -2.45. The molecular weight excluding hydrogens is 231 g/mol. The van der Waals surface area contributed by atoms with Crippen LogP contribution >= 0.6 is 0 Å². The third kappa shape index (κ3) is 2.82. The number of benzene rings is 1. The summed E-state index contributed by atoms with van der Waals surface area (Å²) in [6.07, 6.45) is 1.96. The molecule has 0 saturated carbocycles. The molecule has 1 heterocycles. The third-order valence-corrected chi connectivity index (χ3v) is 3.53. The van der Waals surface area contributed by atoms with Gasteiger partial charge in [0, 0.05) is 37.8 Å². The van der Waals surface area contributed by atoms with Gasteiger partial charge in [-0.15, -0.1) is 0 Å². The lowest BCUT2D eigenvalue weighted by Gasteiger charge is -2.35. The minimum Gasteiger partial charge on any atom is -0.505 e. The van der Waals surface area contributed by atoms with Crippen LogP contribution in [0.15, 0.2) is 18.2 Å². The van der Waals surface area contributed by atoms with Gasteiger partial charge >= 0.3 is 0 Å². The van der Waals surface area contributed by atoms with Gasteiger partial charge in [0.2, 0.25) is 0 Å². The number of para-hydroxylation sites is 1. The summed E-state index contributed by atoms with van der Waals surface area (Å²) in [6, 6.07) is 4.93. The molecule has 0 unspecified atom stereocenters. The van der Waals surface area contributed by atoms with Crippen LogP contribution in [0.1, 0.15) is 31.4 Å². The van der Waals surface area contributed by atoms with Gasteiger partial charge in [-0.3, -0.25) is 4.90 Å². The fourth-order valence-electron chi connectivity index (χ4n) is 2.60. The van der Waals surface area contributed by atoms with Crippen LogP contribution in [0.4, 0.5) is 4.39 Å². The quantitative estimate of drug-likeness (QED) is 0.863. The van der Waals surface area contributed by atoms with Crippen LogP contribution < -0.4 is 5.32 Å². The molecule has 100 valence electrons. The number of halogens is 1. The second-order valence-corrected chi connectivity index (χ2v) is 4.77. The molecule has 0 aliphatic carbocycles. The van der Waals surface area contributed by atoms with Crippen molar-refractivity contribution < 1.29 is 9.50 Å². The van der Waals surface area contributed by atoms with Crippen LogP contribution in [0.3, 0.4) is 0 Å². The van der Waals surface area contributed by atoms with E-state index < -0.39 is 5.82 Å². The third-order valence-electron chi connectivity index (χ3n) is 3.53. The Morgan fingerprint density at radius 2 is 2.11 bits per heavy atom. The summed E-state index contributed by atoms with van der Waals surface area (Å²) in [5.74, 6) is -0.710.